The van der Waals surface area contributed by atoms with E-state index in [-0.39, 0.29) is 5.91 Å². The molecule has 4 nitrogen and oxygen atoms in total. The molecule has 118 valence electrons. The van der Waals surface area contributed by atoms with Crippen LogP contribution in [-0.4, -0.2) is 29.1 Å². The van der Waals surface area contributed by atoms with Crippen LogP contribution < -0.4 is 11.1 Å². The number of amides is 1. The third-order valence-corrected chi connectivity index (χ3v) is 6.11. The summed E-state index contributed by atoms with van der Waals surface area (Å²) >= 11 is 6.18. The van der Waals surface area contributed by atoms with Gasteiger partial charge in [-0.3, -0.25) is 4.79 Å². The highest BCUT2D eigenvalue weighted by Crippen LogP contribution is 2.51. The Hall–Kier alpha value is -1.26. The molecular weight excluding hydrogens is 298 g/mol. The predicted molar refractivity (Wildman–Crippen MR) is 87.9 cm³/mol. The van der Waals surface area contributed by atoms with Crippen LogP contribution >= 0.6 is 11.6 Å². The van der Waals surface area contributed by atoms with Crippen LogP contribution in [0.25, 0.3) is 0 Å². The van der Waals surface area contributed by atoms with Crippen LogP contribution in [0.3, 0.4) is 0 Å². The van der Waals surface area contributed by atoms with Crippen LogP contribution in [0.1, 0.15) is 44.6 Å². The number of likely N-dealkylation sites (tertiary alicyclic amines) is 1. The standard InChI is InChI=1S/C17H22ClN3O/c1-16-10-21(12-5-3-2-4-6-12)15(22)17(16,19)20-14-8-7-11(18)9-13(14)16/h7-9,12,20H,2-6,10,19H2,1H3. The maximum absolute atomic E-state index is 13.1. The van der Waals surface area contributed by atoms with E-state index >= 15 is 0 Å². The number of nitrogens with one attached hydrogen (secondary N) is 1. The normalized spacial score (nSPS) is 34.5. The molecule has 2 fully saturated rings. The smallest absolute Gasteiger partial charge is 0.264 e. The highest BCUT2D eigenvalue weighted by atomic mass is 35.5. The lowest BCUT2D eigenvalue weighted by atomic mass is 9.77. The second kappa shape index (κ2) is 4.62. The summed E-state index contributed by atoms with van der Waals surface area (Å²) in [5, 5.41) is 3.98. The zero-order chi connectivity index (χ0) is 15.5. The number of fused-ring (bicyclic) bond motifs is 3. The second-order valence-corrected chi connectivity index (χ2v) is 7.62. The molecule has 2 aliphatic heterocycles. The van der Waals surface area contributed by atoms with Gasteiger partial charge in [-0.05, 0) is 43.5 Å². The summed E-state index contributed by atoms with van der Waals surface area (Å²) in [5.74, 6) is 0.0363. The van der Waals surface area contributed by atoms with E-state index in [1.54, 1.807) is 0 Å². The van der Waals surface area contributed by atoms with Gasteiger partial charge >= 0.3 is 0 Å². The largest absolute Gasteiger partial charge is 0.359 e. The number of benzene rings is 1. The Morgan fingerprint density at radius 3 is 2.77 bits per heavy atom. The Balaban J connectivity index is 1.74. The lowest BCUT2D eigenvalue weighted by Crippen LogP contribution is -2.61. The van der Waals surface area contributed by atoms with Gasteiger partial charge in [0.05, 0.1) is 5.41 Å². The molecule has 1 amide bonds. The monoisotopic (exact) mass is 319 g/mol. The molecule has 1 aromatic carbocycles. The molecule has 1 aliphatic carbocycles. The fourth-order valence-corrected chi connectivity index (χ4v) is 4.64. The first kappa shape index (κ1) is 14.3. The van der Waals surface area contributed by atoms with Gasteiger partial charge in [0.25, 0.3) is 5.91 Å². The van der Waals surface area contributed by atoms with Gasteiger partial charge in [0.2, 0.25) is 0 Å². The van der Waals surface area contributed by atoms with Gasteiger partial charge in [0.15, 0.2) is 5.66 Å². The van der Waals surface area contributed by atoms with Crippen molar-refractivity contribution in [2.75, 3.05) is 11.9 Å². The molecule has 0 spiro atoms. The summed E-state index contributed by atoms with van der Waals surface area (Å²) < 4.78 is 0. The summed E-state index contributed by atoms with van der Waals surface area (Å²) in [6.07, 6.45) is 5.89. The van der Waals surface area contributed by atoms with Gasteiger partial charge in [-0.1, -0.05) is 30.9 Å². The van der Waals surface area contributed by atoms with E-state index < -0.39 is 11.1 Å². The minimum atomic E-state index is -1.04. The molecule has 0 radical (unpaired) electrons. The fraction of sp³-hybridized carbons (Fsp3) is 0.588. The van der Waals surface area contributed by atoms with Crippen LogP contribution in [0.15, 0.2) is 18.2 Å². The predicted octanol–water partition coefficient (Wildman–Crippen LogP) is 2.85. The highest BCUT2D eigenvalue weighted by molar-refractivity contribution is 6.30. The van der Waals surface area contributed by atoms with E-state index in [0.29, 0.717) is 17.6 Å². The number of hydrogen-bond acceptors (Lipinski definition) is 3. The summed E-state index contributed by atoms with van der Waals surface area (Å²) in [4.78, 5) is 15.1. The van der Waals surface area contributed by atoms with Gasteiger partial charge in [-0.2, -0.15) is 0 Å². The Kier molecular flexibility index (Phi) is 3.01. The van der Waals surface area contributed by atoms with Crippen molar-refractivity contribution in [2.45, 2.75) is 56.1 Å². The zero-order valence-corrected chi connectivity index (χ0v) is 13.6. The van der Waals surface area contributed by atoms with Crippen molar-refractivity contribution >= 4 is 23.2 Å². The van der Waals surface area contributed by atoms with Crippen molar-refractivity contribution in [3.8, 4) is 0 Å². The maximum atomic E-state index is 13.1. The number of carbonyl (C=O) groups is 1. The SMILES string of the molecule is CC12CN(C3CCCCC3)C(=O)C1(N)Nc1ccc(Cl)cc12. The van der Waals surface area contributed by atoms with E-state index in [1.165, 1.54) is 19.3 Å². The third kappa shape index (κ3) is 1.71. The molecule has 1 saturated carbocycles. The Morgan fingerprint density at radius 2 is 2.05 bits per heavy atom. The Morgan fingerprint density at radius 1 is 1.32 bits per heavy atom. The number of anilines is 1. The van der Waals surface area contributed by atoms with Crippen molar-refractivity contribution in [3.05, 3.63) is 28.8 Å². The molecular formula is C17H22ClN3O. The quantitative estimate of drug-likeness (QED) is 0.837. The Bertz CT molecular complexity index is 643. The first-order valence-corrected chi connectivity index (χ1v) is 8.52. The van der Waals surface area contributed by atoms with E-state index in [0.717, 1.165) is 24.1 Å². The van der Waals surface area contributed by atoms with Crippen molar-refractivity contribution in [1.82, 2.24) is 4.90 Å². The lowest BCUT2D eigenvalue weighted by Gasteiger charge is -2.32. The second-order valence-electron chi connectivity index (χ2n) is 7.18. The van der Waals surface area contributed by atoms with Crippen LogP contribution in [0.5, 0.6) is 0 Å². The fourth-order valence-electron chi connectivity index (χ4n) is 4.47. The molecule has 4 rings (SSSR count). The average Bonchev–Trinajstić information content (AvgIpc) is 2.86. The van der Waals surface area contributed by atoms with Gasteiger partial charge in [0, 0.05) is 23.3 Å². The molecule has 5 heteroatoms. The molecule has 22 heavy (non-hydrogen) atoms. The number of nitrogens with two attached hydrogens (primary N) is 1. The van der Waals surface area contributed by atoms with Crippen molar-refractivity contribution in [1.29, 1.82) is 0 Å². The topological polar surface area (TPSA) is 58.4 Å². The maximum Gasteiger partial charge on any atom is 0.264 e. The third-order valence-electron chi connectivity index (χ3n) is 5.88. The number of nitrogens with zero attached hydrogens (tertiary/aromatic N) is 1. The highest BCUT2D eigenvalue weighted by Gasteiger charge is 2.65. The number of hydrogen-bond donors (Lipinski definition) is 2. The minimum absolute atomic E-state index is 0.0363. The first-order chi connectivity index (χ1) is 10.5. The molecule has 0 aromatic heterocycles. The van der Waals surface area contributed by atoms with Crippen LogP contribution in [0, 0.1) is 0 Å². The summed E-state index contributed by atoms with van der Waals surface area (Å²) in [6, 6.07) is 6.06. The zero-order valence-electron chi connectivity index (χ0n) is 12.9. The van der Waals surface area contributed by atoms with Gasteiger partial charge in [-0.15, -0.1) is 0 Å². The van der Waals surface area contributed by atoms with Crippen molar-refractivity contribution < 1.29 is 4.79 Å². The average molecular weight is 320 g/mol. The number of rotatable bonds is 1. The first-order valence-electron chi connectivity index (χ1n) is 8.14. The van der Waals surface area contributed by atoms with Gasteiger partial charge in [0.1, 0.15) is 0 Å². The van der Waals surface area contributed by atoms with Gasteiger partial charge < -0.3 is 16.0 Å². The summed E-state index contributed by atoms with van der Waals surface area (Å²) in [6.45, 7) is 2.76. The van der Waals surface area contributed by atoms with Crippen molar-refractivity contribution in [2.24, 2.45) is 5.73 Å². The Labute approximate surface area is 136 Å². The molecule has 2 heterocycles. The molecule has 2 unspecified atom stereocenters. The van der Waals surface area contributed by atoms with Crippen LogP contribution in [0.4, 0.5) is 5.69 Å². The van der Waals surface area contributed by atoms with Crippen molar-refractivity contribution in [3.63, 3.8) is 0 Å². The lowest BCUT2D eigenvalue weighted by molar-refractivity contribution is -0.133. The minimum Gasteiger partial charge on any atom is -0.359 e. The molecule has 3 N–H and O–H groups in total. The number of halogens is 1. The van der Waals surface area contributed by atoms with E-state index in [2.05, 4.69) is 12.2 Å². The van der Waals surface area contributed by atoms with E-state index in [4.69, 9.17) is 17.3 Å². The molecule has 1 aromatic rings. The van der Waals surface area contributed by atoms with E-state index in [1.807, 2.05) is 23.1 Å². The summed E-state index contributed by atoms with van der Waals surface area (Å²) in [5.41, 5.74) is 7.12. The summed E-state index contributed by atoms with van der Waals surface area (Å²) in [7, 11) is 0. The number of carbonyl (C=O) groups excluding carboxylic acids is 1. The van der Waals surface area contributed by atoms with Crippen LogP contribution in [0.2, 0.25) is 5.02 Å². The molecule has 0 bridgehead atoms. The molecule has 3 aliphatic rings. The molecule has 2 atom stereocenters. The van der Waals surface area contributed by atoms with Crippen LogP contribution in [-0.2, 0) is 10.2 Å². The van der Waals surface area contributed by atoms with Gasteiger partial charge in [-0.25, -0.2) is 0 Å². The van der Waals surface area contributed by atoms with E-state index in [9.17, 15) is 4.79 Å². The molecule has 1 saturated heterocycles.